The van der Waals surface area contributed by atoms with Crippen LogP contribution < -0.4 is 10.1 Å². The van der Waals surface area contributed by atoms with E-state index in [4.69, 9.17) is 9.47 Å². The molecule has 2 aromatic rings. The van der Waals surface area contributed by atoms with Crippen LogP contribution in [-0.2, 0) is 4.74 Å². The molecule has 3 rings (SSSR count). The number of benzene rings is 2. The Kier molecular flexibility index (Phi) is 10.6. The zero-order valence-corrected chi connectivity index (χ0v) is 15.4. The third-order valence-electron chi connectivity index (χ3n) is 3.43. The molecule has 1 heterocycles. The molecule has 0 bridgehead atoms. The van der Waals surface area contributed by atoms with Crippen molar-refractivity contribution in [2.24, 2.45) is 0 Å². The second-order valence-electron chi connectivity index (χ2n) is 4.88. The Labute approximate surface area is 147 Å². The van der Waals surface area contributed by atoms with Gasteiger partial charge in [0.15, 0.2) is 6.10 Å². The topological polar surface area (TPSA) is 30.5 Å². The molecular formula is C21H31NO2. The van der Waals surface area contributed by atoms with E-state index in [1.54, 1.807) is 0 Å². The maximum atomic E-state index is 6.18. The number of morpholine rings is 1. The summed E-state index contributed by atoms with van der Waals surface area (Å²) in [5.74, 6) is 0.871. The molecule has 132 valence electrons. The highest BCUT2D eigenvalue weighted by Crippen LogP contribution is 2.27. The molecule has 3 heteroatoms. The second kappa shape index (κ2) is 12.6. The quantitative estimate of drug-likeness (QED) is 0.870. The van der Waals surface area contributed by atoms with Crippen molar-refractivity contribution in [1.29, 1.82) is 0 Å². The van der Waals surface area contributed by atoms with Gasteiger partial charge in [-0.05, 0) is 17.7 Å². The van der Waals surface area contributed by atoms with Crippen LogP contribution >= 0.6 is 0 Å². The van der Waals surface area contributed by atoms with Crippen LogP contribution in [0.15, 0.2) is 60.7 Å². The van der Waals surface area contributed by atoms with Crippen molar-refractivity contribution in [2.75, 3.05) is 19.7 Å². The van der Waals surface area contributed by atoms with Crippen LogP contribution in [0.3, 0.4) is 0 Å². The third-order valence-corrected chi connectivity index (χ3v) is 3.43. The molecule has 2 atom stereocenters. The third kappa shape index (κ3) is 6.34. The molecule has 3 nitrogen and oxygen atoms in total. The SMILES string of the molecule is CC.CC.c1ccc(O[C@@H](c2ccccc2)[C@@H]2CNCCO2)cc1. The van der Waals surface area contributed by atoms with Gasteiger partial charge in [-0.25, -0.2) is 0 Å². The molecule has 2 aromatic carbocycles. The van der Waals surface area contributed by atoms with E-state index < -0.39 is 0 Å². The smallest absolute Gasteiger partial charge is 0.151 e. The molecule has 0 spiro atoms. The van der Waals surface area contributed by atoms with Crippen LogP contribution in [0.4, 0.5) is 0 Å². The van der Waals surface area contributed by atoms with Gasteiger partial charge in [-0.2, -0.15) is 0 Å². The van der Waals surface area contributed by atoms with Crippen molar-refractivity contribution in [3.05, 3.63) is 66.2 Å². The second-order valence-corrected chi connectivity index (χ2v) is 4.88. The molecule has 0 unspecified atom stereocenters. The Hall–Kier alpha value is -1.84. The normalized spacial score (nSPS) is 17.4. The molecule has 1 aliphatic rings. The number of hydrogen-bond donors (Lipinski definition) is 1. The van der Waals surface area contributed by atoms with Crippen molar-refractivity contribution in [1.82, 2.24) is 5.32 Å². The van der Waals surface area contributed by atoms with Crippen LogP contribution in [-0.4, -0.2) is 25.8 Å². The van der Waals surface area contributed by atoms with Gasteiger partial charge in [0.25, 0.3) is 0 Å². The number of hydrogen-bond acceptors (Lipinski definition) is 3. The van der Waals surface area contributed by atoms with E-state index in [1.165, 1.54) is 0 Å². The number of para-hydroxylation sites is 1. The highest BCUT2D eigenvalue weighted by Gasteiger charge is 2.27. The molecule has 1 fully saturated rings. The molecule has 1 aliphatic heterocycles. The standard InChI is InChI=1S/C17H19NO2.2C2H6/c1-3-7-14(8-4-1)17(16-13-18-11-12-19-16)20-15-9-5-2-6-10-15;2*1-2/h1-10,16-18H,11-13H2;2*1-2H3/t16-,17-;;/m0../s1. The zero-order chi connectivity index (χ0) is 17.6. The lowest BCUT2D eigenvalue weighted by Crippen LogP contribution is -2.43. The monoisotopic (exact) mass is 329 g/mol. The Morgan fingerprint density at radius 2 is 1.50 bits per heavy atom. The van der Waals surface area contributed by atoms with E-state index in [1.807, 2.05) is 76.2 Å². The highest BCUT2D eigenvalue weighted by atomic mass is 16.5. The van der Waals surface area contributed by atoms with Gasteiger partial charge in [0, 0.05) is 13.1 Å². The van der Waals surface area contributed by atoms with E-state index in [9.17, 15) is 0 Å². The predicted molar refractivity (Wildman–Crippen MR) is 102 cm³/mol. The lowest BCUT2D eigenvalue weighted by Gasteiger charge is -2.31. The maximum absolute atomic E-state index is 6.18. The fourth-order valence-electron chi connectivity index (χ4n) is 2.43. The highest BCUT2D eigenvalue weighted by molar-refractivity contribution is 5.25. The van der Waals surface area contributed by atoms with Gasteiger partial charge < -0.3 is 14.8 Å². The average molecular weight is 329 g/mol. The minimum absolute atomic E-state index is 0.0337. The number of nitrogens with one attached hydrogen (secondary N) is 1. The first-order chi connectivity index (χ1) is 11.9. The first kappa shape index (κ1) is 20.2. The van der Waals surface area contributed by atoms with Crippen LogP contribution in [0.1, 0.15) is 39.4 Å². The van der Waals surface area contributed by atoms with Crippen LogP contribution in [0.5, 0.6) is 5.75 Å². The van der Waals surface area contributed by atoms with Crippen molar-refractivity contribution in [2.45, 2.75) is 39.9 Å². The van der Waals surface area contributed by atoms with E-state index in [0.717, 1.165) is 31.0 Å². The van der Waals surface area contributed by atoms with Crippen LogP contribution in [0, 0.1) is 0 Å². The van der Waals surface area contributed by atoms with Gasteiger partial charge in [-0.3, -0.25) is 0 Å². The van der Waals surface area contributed by atoms with Crippen LogP contribution in [0.2, 0.25) is 0 Å². The summed E-state index contributed by atoms with van der Waals surface area (Å²) in [6.45, 7) is 10.4. The lowest BCUT2D eigenvalue weighted by molar-refractivity contribution is -0.0432. The Morgan fingerprint density at radius 3 is 2.04 bits per heavy atom. The van der Waals surface area contributed by atoms with Crippen molar-refractivity contribution < 1.29 is 9.47 Å². The molecule has 0 amide bonds. The zero-order valence-electron chi connectivity index (χ0n) is 15.4. The van der Waals surface area contributed by atoms with Crippen LogP contribution in [0.25, 0.3) is 0 Å². The van der Waals surface area contributed by atoms with Gasteiger partial charge in [-0.15, -0.1) is 0 Å². The summed E-state index contributed by atoms with van der Waals surface area (Å²) < 4.78 is 12.1. The molecule has 0 radical (unpaired) electrons. The summed E-state index contributed by atoms with van der Waals surface area (Å²) in [7, 11) is 0. The molecule has 24 heavy (non-hydrogen) atoms. The first-order valence-electron chi connectivity index (χ1n) is 9.02. The van der Waals surface area contributed by atoms with Gasteiger partial charge >= 0.3 is 0 Å². The summed E-state index contributed by atoms with van der Waals surface area (Å²) in [4.78, 5) is 0. The molecule has 0 saturated carbocycles. The van der Waals surface area contributed by atoms with E-state index in [2.05, 4.69) is 17.4 Å². The van der Waals surface area contributed by atoms with Gasteiger partial charge in [0.05, 0.1) is 6.61 Å². The molecule has 0 aromatic heterocycles. The molecule has 1 saturated heterocycles. The average Bonchev–Trinajstić information content (AvgIpc) is 2.71. The fourth-order valence-corrected chi connectivity index (χ4v) is 2.43. The summed E-state index contributed by atoms with van der Waals surface area (Å²) in [6, 6.07) is 20.2. The fraction of sp³-hybridized carbons (Fsp3) is 0.429. The number of rotatable bonds is 4. The van der Waals surface area contributed by atoms with E-state index >= 15 is 0 Å². The first-order valence-corrected chi connectivity index (χ1v) is 9.02. The maximum Gasteiger partial charge on any atom is 0.151 e. The predicted octanol–water partition coefficient (Wildman–Crippen LogP) is 4.85. The summed E-state index contributed by atoms with van der Waals surface area (Å²) >= 11 is 0. The summed E-state index contributed by atoms with van der Waals surface area (Å²) in [5.41, 5.74) is 1.14. The van der Waals surface area contributed by atoms with E-state index in [-0.39, 0.29) is 12.2 Å². The summed E-state index contributed by atoms with van der Waals surface area (Å²) in [6.07, 6.45) is -0.0576. The van der Waals surface area contributed by atoms with E-state index in [0.29, 0.717) is 0 Å². The Bertz CT molecular complexity index is 510. The number of ether oxygens (including phenoxy) is 2. The minimum Gasteiger partial charge on any atom is -0.483 e. The van der Waals surface area contributed by atoms with Crippen molar-refractivity contribution >= 4 is 0 Å². The largest absolute Gasteiger partial charge is 0.483 e. The Morgan fingerprint density at radius 1 is 0.917 bits per heavy atom. The van der Waals surface area contributed by atoms with Gasteiger partial charge in [0.1, 0.15) is 11.9 Å². The molecular weight excluding hydrogens is 298 g/mol. The lowest BCUT2D eigenvalue weighted by atomic mass is 10.0. The van der Waals surface area contributed by atoms with Crippen molar-refractivity contribution in [3.63, 3.8) is 0 Å². The minimum atomic E-state index is -0.0913. The summed E-state index contributed by atoms with van der Waals surface area (Å²) in [5, 5.41) is 3.37. The Balaban J connectivity index is 0.000000671. The van der Waals surface area contributed by atoms with Crippen molar-refractivity contribution in [3.8, 4) is 5.75 Å². The van der Waals surface area contributed by atoms with Gasteiger partial charge in [0.2, 0.25) is 0 Å². The molecule has 1 N–H and O–H groups in total. The molecule has 0 aliphatic carbocycles. The van der Waals surface area contributed by atoms with Gasteiger partial charge in [-0.1, -0.05) is 76.2 Å².